The van der Waals surface area contributed by atoms with Gasteiger partial charge in [-0.3, -0.25) is 4.90 Å². The van der Waals surface area contributed by atoms with Crippen LogP contribution in [0, 0.1) is 11.3 Å². The molecule has 0 aromatic heterocycles. The molecule has 2 nitrogen and oxygen atoms in total. The van der Waals surface area contributed by atoms with Crippen LogP contribution in [0.15, 0.2) is 30.3 Å². The third kappa shape index (κ3) is 4.60. The largest absolute Gasteiger partial charge is 0.312 e. The van der Waals surface area contributed by atoms with Crippen LogP contribution in [-0.4, -0.2) is 30.6 Å². The number of hydrogen-bond acceptors (Lipinski definition) is 2. The van der Waals surface area contributed by atoms with Crippen molar-refractivity contribution in [3.05, 3.63) is 35.9 Å². The van der Waals surface area contributed by atoms with Crippen LogP contribution < -0.4 is 5.32 Å². The molecule has 0 radical (unpaired) electrons. The summed E-state index contributed by atoms with van der Waals surface area (Å²) >= 11 is 0. The van der Waals surface area contributed by atoms with E-state index >= 15 is 0 Å². The maximum Gasteiger partial charge on any atom is 0.0234 e. The smallest absolute Gasteiger partial charge is 0.0234 e. The molecular weight excluding hydrogens is 244 g/mol. The average molecular weight is 274 g/mol. The summed E-state index contributed by atoms with van der Waals surface area (Å²) in [5.74, 6) is 0.714. The summed E-state index contributed by atoms with van der Waals surface area (Å²) in [7, 11) is 0. The van der Waals surface area contributed by atoms with Gasteiger partial charge in [0.1, 0.15) is 0 Å². The van der Waals surface area contributed by atoms with Crippen molar-refractivity contribution >= 4 is 0 Å². The summed E-state index contributed by atoms with van der Waals surface area (Å²) in [6.45, 7) is 14.0. The second-order valence-corrected chi connectivity index (χ2v) is 7.38. The van der Waals surface area contributed by atoms with Crippen LogP contribution >= 0.6 is 0 Å². The van der Waals surface area contributed by atoms with E-state index in [1.807, 2.05) is 0 Å². The van der Waals surface area contributed by atoms with E-state index < -0.39 is 0 Å². The van der Waals surface area contributed by atoms with Gasteiger partial charge in [-0.1, -0.05) is 58.0 Å². The molecule has 1 aliphatic heterocycles. The molecule has 20 heavy (non-hydrogen) atoms. The number of nitrogens with one attached hydrogen (secondary N) is 1. The van der Waals surface area contributed by atoms with E-state index in [-0.39, 0.29) is 0 Å². The lowest BCUT2D eigenvalue weighted by Gasteiger charge is -2.28. The second kappa shape index (κ2) is 6.73. The van der Waals surface area contributed by atoms with Gasteiger partial charge in [-0.25, -0.2) is 0 Å². The van der Waals surface area contributed by atoms with Crippen molar-refractivity contribution in [2.24, 2.45) is 11.3 Å². The molecule has 1 saturated heterocycles. The fourth-order valence-corrected chi connectivity index (χ4v) is 2.63. The Balaban J connectivity index is 1.73. The Morgan fingerprint density at radius 2 is 1.95 bits per heavy atom. The third-order valence-electron chi connectivity index (χ3n) is 4.71. The van der Waals surface area contributed by atoms with Gasteiger partial charge in [-0.05, 0) is 29.9 Å². The van der Waals surface area contributed by atoms with Crippen molar-refractivity contribution < 1.29 is 0 Å². The standard InChI is InChI=1S/C18H30N2/c1-15(18(2,3)4)12-19-17-10-11-20(14-17)13-16-8-6-5-7-9-16/h5-9,15,17,19H,10-14H2,1-4H3. The first-order valence-corrected chi connectivity index (χ1v) is 7.95. The van der Waals surface area contributed by atoms with Gasteiger partial charge < -0.3 is 5.32 Å². The predicted octanol–water partition coefficient (Wildman–Crippen LogP) is 3.53. The molecule has 0 aliphatic carbocycles. The van der Waals surface area contributed by atoms with Crippen LogP contribution in [0.1, 0.15) is 39.7 Å². The van der Waals surface area contributed by atoms with Gasteiger partial charge in [0.05, 0.1) is 0 Å². The molecule has 1 aromatic carbocycles. The van der Waals surface area contributed by atoms with E-state index in [9.17, 15) is 0 Å². The zero-order valence-corrected chi connectivity index (χ0v) is 13.5. The second-order valence-electron chi connectivity index (χ2n) is 7.38. The molecule has 2 unspecified atom stereocenters. The van der Waals surface area contributed by atoms with Crippen molar-refractivity contribution in [2.75, 3.05) is 19.6 Å². The van der Waals surface area contributed by atoms with Crippen LogP contribution in [0.25, 0.3) is 0 Å². The molecule has 2 heteroatoms. The fraction of sp³-hybridized carbons (Fsp3) is 0.667. The van der Waals surface area contributed by atoms with Crippen molar-refractivity contribution in [1.29, 1.82) is 0 Å². The van der Waals surface area contributed by atoms with Crippen molar-refractivity contribution in [3.8, 4) is 0 Å². The highest BCUT2D eigenvalue weighted by atomic mass is 15.2. The first kappa shape index (κ1) is 15.5. The first-order chi connectivity index (χ1) is 9.45. The first-order valence-electron chi connectivity index (χ1n) is 7.95. The molecule has 1 fully saturated rings. The Labute approximate surface area is 124 Å². The summed E-state index contributed by atoms with van der Waals surface area (Å²) in [5, 5.41) is 3.76. The zero-order valence-electron chi connectivity index (χ0n) is 13.5. The lowest BCUT2D eigenvalue weighted by atomic mass is 9.82. The van der Waals surface area contributed by atoms with Gasteiger partial charge >= 0.3 is 0 Å². The van der Waals surface area contributed by atoms with Crippen LogP contribution in [-0.2, 0) is 6.54 Å². The topological polar surface area (TPSA) is 15.3 Å². The molecule has 0 amide bonds. The Hall–Kier alpha value is -0.860. The summed E-state index contributed by atoms with van der Waals surface area (Å²) in [4.78, 5) is 2.56. The molecule has 112 valence electrons. The Bertz CT molecular complexity index is 394. The van der Waals surface area contributed by atoms with E-state index in [0.29, 0.717) is 17.4 Å². The molecular formula is C18H30N2. The van der Waals surface area contributed by atoms with E-state index in [2.05, 4.69) is 68.2 Å². The number of rotatable bonds is 5. The molecule has 0 saturated carbocycles. The Kier molecular flexibility index (Phi) is 5.22. The minimum Gasteiger partial charge on any atom is -0.312 e. The Morgan fingerprint density at radius 1 is 1.25 bits per heavy atom. The highest BCUT2D eigenvalue weighted by Gasteiger charge is 2.25. The molecule has 1 aliphatic rings. The summed E-state index contributed by atoms with van der Waals surface area (Å²) in [6.07, 6.45) is 1.28. The van der Waals surface area contributed by atoms with Gasteiger partial charge in [-0.2, -0.15) is 0 Å². The minimum absolute atomic E-state index is 0.398. The van der Waals surface area contributed by atoms with Crippen LogP contribution in [0.4, 0.5) is 0 Å². The number of hydrogen-bond donors (Lipinski definition) is 1. The Morgan fingerprint density at radius 3 is 2.60 bits per heavy atom. The van der Waals surface area contributed by atoms with Gasteiger partial charge in [0.25, 0.3) is 0 Å². The summed E-state index contributed by atoms with van der Waals surface area (Å²) < 4.78 is 0. The maximum atomic E-state index is 3.76. The molecule has 1 aromatic rings. The quantitative estimate of drug-likeness (QED) is 0.883. The van der Waals surface area contributed by atoms with Crippen molar-refractivity contribution in [3.63, 3.8) is 0 Å². The lowest BCUT2D eigenvalue weighted by Crippen LogP contribution is -2.38. The molecule has 0 spiro atoms. The normalized spacial score (nSPS) is 22.1. The van der Waals surface area contributed by atoms with Gasteiger partial charge in [0, 0.05) is 25.7 Å². The maximum absolute atomic E-state index is 3.76. The van der Waals surface area contributed by atoms with Crippen LogP contribution in [0.5, 0.6) is 0 Å². The van der Waals surface area contributed by atoms with Gasteiger partial charge in [-0.15, -0.1) is 0 Å². The number of benzene rings is 1. The third-order valence-corrected chi connectivity index (χ3v) is 4.71. The molecule has 2 atom stereocenters. The molecule has 1 heterocycles. The SMILES string of the molecule is CC(CNC1CCN(Cc2ccccc2)C1)C(C)(C)C. The fourth-order valence-electron chi connectivity index (χ4n) is 2.63. The van der Waals surface area contributed by atoms with Gasteiger partial charge in [0.15, 0.2) is 0 Å². The van der Waals surface area contributed by atoms with E-state index in [0.717, 1.165) is 13.1 Å². The highest BCUT2D eigenvalue weighted by molar-refractivity contribution is 5.14. The van der Waals surface area contributed by atoms with Crippen LogP contribution in [0.3, 0.4) is 0 Å². The number of nitrogens with zero attached hydrogens (tertiary/aromatic N) is 1. The monoisotopic (exact) mass is 274 g/mol. The van der Waals surface area contributed by atoms with E-state index in [1.165, 1.54) is 25.1 Å². The van der Waals surface area contributed by atoms with Gasteiger partial charge in [0.2, 0.25) is 0 Å². The van der Waals surface area contributed by atoms with Crippen molar-refractivity contribution in [1.82, 2.24) is 10.2 Å². The van der Waals surface area contributed by atoms with E-state index in [4.69, 9.17) is 0 Å². The summed E-state index contributed by atoms with van der Waals surface area (Å²) in [5.41, 5.74) is 1.83. The summed E-state index contributed by atoms with van der Waals surface area (Å²) in [6, 6.07) is 11.5. The lowest BCUT2D eigenvalue weighted by molar-refractivity contribution is 0.242. The predicted molar refractivity (Wildman–Crippen MR) is 86.7 cm³/mol. The molecule has 0 bridgehead atoms. The number of likely N-dealkylation sites (tertiary alicyclic amines) is 1. The zero-order chi connectivity index (χ0) is 14.6. The average Bonchev–Trinajstić information content (AvgIpc) is 2.83. The van der Waals surface area contributed by atoms with Crippen molar-refractivity contribution in [2.45, 2.75) is 46.7 Å². The minimum atomic E-state index is 0.398. The van der Waals surface area contributed by atoms with E-state index in [1.54, 1.807) is 0 Å². The molecule has 1 N–H and O–H groups in total. The molecule has 2 rings (SSSR count). The highest BCUT2D eigenvalue weighted by Crippen LogP contribution is 2.25. The van der Waals surface area contributed by atoms with Crippen LogP contribution in [0.2, 0.25) is 0 Å².